The molecule has 1 aromatic carbocycles. The number of allylic oxidation sites excluding steroid dienone is 3. The Labute approximate surface area is 127 Å². The lowest BCUT2D eigenvalue weighted by Crippen LogP contribution is -2.34. The third-order valence-corrected chi connectivity index (χ3v) is 3.45. The molecule has 1 aliphatic carbocycles. The smallest absolute Gasteiger partial charge is 0.522 e. The molecule has 0 unspecified atom stereocenters. The Balaban J connectivity index is 1.98. The van der Waals surface area contributed by atoms with Crippen molar-refractivity contribution in [3.8, 4) is 0 Å². The summed E-state index contributed by atoms with van der Waals surface area (Å²) in [4.78, 5) is 0. The number of halogens is 6. The summed E-state index contributed by atoms with van der Waals surface area (Å²) < 4.78 is 87.8. The molecule has 0 aromatic heterocycles. The normalized spacial score (nSPS) is 17.9. The Bertz CT molecular complexity index is 657. The van der Waals surface area contributed by atoms with Gasteiger partial charge in [0.2, 0.25) is 0 Å². The van der Waals surface area contributed by atoms with Gasteiger partial charge in [-0.3, -0.25) is 0 Å². The molecule has 9 heteroatoms. The average molecular weight is 334 g/mol. The highest BCUT2D eigenvalue weighted by atomic mass is 19.4. The maximum absolute atomic E-state index is 12.8. The van der Waals surface area contributed by atoms with Gasteiger partial charge in [-0.1, -0.05) is 6.08 Å². The van der Waals surface area contributed by atoms with Crippen LogP contribution < -0.4 is 5.46 Å². The number of alkyl halides is 6. The summed E-state index contributed by atoms with van der Waals surface area (Å²) >= 11 is 0. The molecular weight excluding hydrogens is 325 g/mol. The molecule has 1 aliphatic heterocycles. The van der Waals surface area contributed by atoms with Crippen LogP contribution in [-0.2, 0) is 21.7 Å². The molecule has 0 atom stereocenters. The van der Waals surface area contributed by atoms with Crippen LogP contribution in [0, 0.1) is 0 Å². The minimum atomic E-state index is -4.90. The molecule has 0 saturated heterocycles. The largest absolute Gasteiger partial charge is 0.632 e. The maximum atomic E-state index is 12.8. The predicted octanol–water partition coefficient (Wildman–Crippen LogP) is 4.03. The van der Waals surface area contributed by atoms with Crippen molar-refractivity contribution < 1.29 is 35.7 Å². The summed E-state index contributed by atoms with van der Waals surface area (Å²) in [7, 11) is -1.31. The van der Waals surface area contributed by atoms with E-state index in [9.17, 15) is 26.3 Å². The van der Waals surface area contributed by atoms with Gasteiger partial charge in [0.05, 0.1) is 11.1 Å². The molecule has 23 heavy (non-hydrogen) atoms. The van der Waals surface area contributed by atoms with Gasteiger partial charge in [0.15, 0.2) is 0 Å². The highest BCUT2D eigenvalue weighted by Crippen LogP contribution is 2.36. The third kappa shape index (κ3) is 3.18. The van der Waals surface area contributed by atoms with Gasteiger partial charge < -0.3 is 9.31 Å². The van der Waals surface area contributed by atoms with Crippen LogP contribution in [0.5, 0.6) is 0 Å². The second-order valence-electron chi connectivity index (χ2n) is 5.14. The van der Waals surface area contributed by atoms with E-state index in [4.69, 9.17) is 9.31 Å². The molecule has 1 aromatic rings. The van der Waals surface area contributed by atoms with Gasteiger partial charge in [-0.05, 0) is 30.7 Å². The lowest BCUT2D eigenvalue weighted by molar-refractivity contribution is -0.142. The van der Waals surface area contributed by atoms with E-state index in [0.29, 0.717) is 36.5 Å². The van der Waals surface area contributed by atoms with Gasteiger partial charge in [0, 0.05) is 11.9 Å². The zero-order valence-corrected chi connectivity index (χ0v) is 11.5. The molecule has 2 aliphatic rings. The summed E-state index contributed by atoms with van der Waals surface area (Å²) in [6.45, 7) is 0. The number of rotatable bonds is 1. The van der Waals surface area contributed by atoms with Gasteiger partial charge in [-0.15, -0.1) is 0 Å². The van der Waals surface area contributed by atoms with E-state index in [-0.39, 0.29) is 11.5 Å². The molecule has 0 spiro atoms. The minimum absolute atomic E-state index is 0.0751. The van der Waals surface area contributed by atoms with Gasteiger partial charge in [-0.2, -0.15) is 26.3 Å². The molecule has 2 nitrogen and oxygen atoms in total. The van der Waals surface area contributed by atoms with Crippen LogP contribution in [0.4, 0.5) is 26.3 Å². The molecule has 0 radical (unpaired) electrons. The number of benzene rings is 1. The second-order valence-corrected chi connectivity index (χ2v) is 5.14. The lowest BCUT2D eigenvalue weighted by Gasteiger charge is -2.15. The summed E-state index contributed by atoms with van der Waals surface area (Å²) in [6.07, 6.45) is -5.25. The van der Waals surface area contributed by atoms with Crippen LogP contribution in [0.1, 0.15) is 24.0 Å². The topological polar surface area (TPSA) is 18.5 Å². The van der Waals surface area contributed by atoms with E-state index in [0.717, 1.165) is 0 Å². The first-order valence-corrected chi connectivity index (χ1v) is 6.67. The minimum Gasteiger partial charge on any atom is -0.522 e. The first-order chi connectivity index (χ1) is 10.6. The first kappa shape index (κ1) is 15.8. The predicted molar refractivity (Wildman–Crippen MR) is 69.4 cm³/mol. The van der Waals surface area contributed by atoms with Crippen LogP contribution in [0.3, 0.4) is 0 Å². The fourth-order valence-electron chi connectivity index (χ4n) is 2.36. The second kappa shape index (κ2) is 5.24. The molecule has 0 N–H and O–H groups in total. The molecule has 3 rings (SSSR count). The quantitative estimate of drug-likeness (QED) is 0.570. The highest BCUT2D eigenvalue weighted by molar-refractivity contribution is 6.62. The molecule has 1 heterocycles. The van der Waals surface area contributed by atoms with Gasteiger partial charge in [0.25, 0.3) is 0 Å². The van der Waals surface area contributed by atoms with E-state index in [1.54, 1.807) is 12.2 Å². The average Bonchev–Trinajstić information content (AvgIpc) is 2.89. The monoisotopic (exact) mass is 334 g/mol. The van der Waals surface area contributed by atoms with Crippen LogP contribution >= 0.6 is 0 Å². The van der Waals surface area contributed by atoms with E-state index in [1.807, 2.05) is 0 Å². The van der Waals surface area contributed by atoms with Crippen LogP contribution in [0.25, 0.3) is 0 Å². The number of hydrogen-bond acceptors (Lipinski definition) is 2. The van der Waals surface area contributed by atoms with Crippen LogP contribution in [-0.4, -0.2) is 7.12 Å². The van der Waals surface area contributed by atoms with Gasteiger partial charge in [-0.25, -0.2) is 0 Å². The van der Waals surface area contributed by atoms with Crippen molar-refractivity contribution in [1.82, 2.24) is 0 Å². The first-order valence-electron chi connectivity index (χ1n) is 6.67. The molecule has 0 amide bonds. The summed E-state index contributed by atoms with van der Waals surface area (Å²) in [5.74, 6) is 0.774. The zero-order chi connectivity index (χ0) is 16.8. The Kier molecular flexibility index (Phi) is 3.61. The van der Waals surface area contributed by atoms with E-state index >= 15 is 0 Å². The summed E-state index contributed by atoms with van der Waals surface area (Å²) in [5.41, 5.74) is -3.11. The van der Waals surface area contributed by atoms with Crippen molar-refractivity contribution in [3.63, 3.8) is 0 Å². The van der Waals surface area contributed by atoms with Crippen LogP contribution in [0.15, 0.2) is 41.9 Å². The molecule has 0 saturated carbocycles. The Morgan fingerprint density at radius 1 is 0.870 bits per heavy atom. The van der Waals surface area contributed by atoms with E-state index in [2.05, 4.69) is 0 Å². The van der Waals surface area contributed by atoms with Crippen molar-refractivity contribution in [2.45, 2.75) is 25.2 Å². The summed E-state index contributed by atoms with van der Waals surface area (Å²) in [5, 5.41) is 0. The van der Waals surface area contributed by atoms with Crippen molar-refractivity contribution >= 4 is 12.6 Å². The standard InChI is InChI=1S/C14H9BF6O2/c16-13(17,18)8-5-9(14(19,20)21)7-10(6-8)15-22-11-3-1-2-4-12(11)23-15/h1,3,5-7H,2,4H2. The Morgan fingerprint density at radius 3 is 2.00 bits per heavy atom. The Morgan fingerprint density at radius 2 is 1.48 bits per heavy atom. The van der Waals surface area contributed by atoms with Gasteiger partial charge >= 0.3 is 19.5 Å². The zero-order valence-electron chi connectivity index (χ0n) is 11.5. The molecule has 122 valence electrons. The maximum Gasteiger partial charge on any atom is 0.632 e. The van der Waals surface area contributed by atoms with Crippen molar-refractivity contribution in [1.29, 1.82) is 0 Å². The fraction of sp³-hybridized carbons (Fsp3) is 0.286. The number of hydrogen-bond donors (Lipinski definition) is 0. The van der Waals surface area contributed by atoms with Gasteiger partial charge in [0.1, 0.15) is 11.5 Å². The van der Waals surface area contributed by atoms with Crippen molar-refractivity contribution in [3.05, 3.63) is 53.0 Å². The lowest BCUT2D eigenvalue weighted by atomic mass is 9.77. The van der Waals surface area contributed by atoms with E-state index in [1.165, 1.54) is 0 Å². The Hall–Kier alpha value is -2.06. The molecule has 0 bridgehead atoms. The fourth-order valence-corrected chi connectivity index (χ4v) is 2.36. The summed E-state index contributed by atoms with van der Waals surface area (Å²) in [6, 6.07) is 1.30. The SMILES string of the molecule is FC(F)(F)c1cc(B2OC3=C(CCC=C3)O2)cc(C(F)(F)F)c1. The van der Waals surface area contributed by atoms with Crippen molar-refractivity contribution in [2.75, 3.05) is 0 Å². The molecule has 0 fully saturated rings. The van der Waals surface area contributed by atoms with Crippen molar-refractivity contribution in [2.24, 2.45) is 0 Å². The molecular formula is C14H9BF6O2. The highest BCUT2D eigenvalue weighted by Gasteiger charge is 2.42. The van der Waals surface area contributed by atoms with Crippen LogP contribution in [0.2, 0.25) is 0 Å². The third-order valence-electron chi connectivity index (χ3n) is 3.45. The van der Waals surface area contributed by atoms with E-state index < -0.39 is 30.6 Å².